The third-order valence-electron chi connectivity index (χ3n) is 0.865. The maximum Gasteiger partial charge on any atom is 0.261 e. The zero-order valence-electron chi connectivity index (χ0n) is 5.93. The van der Waals surface area contributed by atoms with Crippen LogP contribution in [0.15, 0.2) is 0 Å². The molecule has 0 radical (unpaired) electrons. The number of aldehydes is 1. The Kier molecular flexibility index (Phi) is 3.42. The summed E-state index contributed by atoms with van der Waals surface area (Å²) in [7, 11) is 0. The first-order valence-corrected chi connectivity index (χ1v) is 2.86. The van der Waals surface area contributed by atoms with Gasteiger partial charge in [0.2, 0.25) is 0 Å². The minimum Gasteiger partial charge on any atom is -0.362 e. The Bertz CT molecular complexity index is 112. The van der Waals surface area contributed by atoms with Gasteiger partial charge in [-0.2, -0.15) is 0 Å². The van der Waals surface area contributed by atoms with Gasteiger partial charge < -0.3 is 9.53 Å². The minimum absolute atomic E-state index is 0.495. The van der Waals surface area contributed by atoms with E-state index in [0.717, 1.165) is 0 Å². The number of ether oxygens (including phenoxy) is 1. The molecule has 0 rings (SSSR count). The van der Waals surface area contributed by atoms with E-state index >= 15 is 0 Å². The predicted octanol–water partition coefficient (Wildman–Crippen LogP) is 1.25. The third kappa shape index (κ3) is 4.38. The van der Waals surface area contributed by atoms with E-state index in [9.17, 15) is 13.6 Å². The summed E-state index contributed by atoms with van der Waals surface area (Å²) in [6.45, 7) is 2.18. The summed E-state index contributed by atoms with van der Waals surface area (Å²) >= 11 is 0. The zero-order chi connectivity index (χ0) is 8.20. The first-order chi connectivity index (χ1) is 4.48. The highest BCUT2D eigenvalue weighted by Gasteiger charge is 2.18. The molecule has 60 valence electrons. The Morgan fingerprint density at radius 2 is 2.10 bits per heavy atom. The van der Waals surface area contributed by atoms with E-state index in [1.807, 2.05) is 0 Å². The van der Waals surface area contributed by atoms with Gasteiger partial charge in [0, 0.05) is 0 Å². The molecule has 0 aliphatic carbocycles. The summed E-state index contributed by atoms with van der Waals surface area (Å²) in [5.74, 6) is 0. The average molecular weight is 152 g/mol. The number of halogens is 2. The molecule has 0 saturated carbocycles. The smallest absolute Gasteiger partial charge is 0.261 e. The largest absolute Gasteiger partial charge is 0.362 e. The van der Waals surface area contributed by atoms with Crippen molar-refractivity contribution in [1.29, 1.82) is 0 Å². The van der Waals surface area contributed by atoms with Crippen LogP contribution in [0.3, 0.4) is 0 Å². The lowest BCUT2D eigenvalue weighted by Crippen LogP contribution is -2.28. The van der Waals surface area contributed by atoms with Crippen LogP contribution in [-0.2, 0) is 9.53 Å². The summed E-state index contributed by atoms with van der Waals surface area (Å²) in [6, 6.07) is 0. The van der Waals surface area contributed by atoms with Crippen LogP contribution < -0.4 is 0 Å². The van der Waals surface area contributed by atoms with Crippen molar-refractivity contribution in [3.05, 3.63) is 0 Å². The Hall–Kier alpha value is -0.510. The molecule has 0 amide bonds. The Labute approximate surface area is 58.2 Å². The lowest BCUT2D eigenvalue weighted by molar-refractivity contribution is -0.131. The van der Waals surface area contributed by atoms with Crippen molar-refractivity contribution < 1.29 is 18.3 Å². The minimum atomic E-state index is -2.51. The number of carbonyl (C=O) groups excluding carboxylic acids is 1. The number of carbonyl (C=O) groups is 1. The molecule has 0 heterocycles. The Balaban J connectivity index is 3.56. The molecule has 0 aromatic rings. The highest BCUT2D eigenvalue weighted by Crippen LogP contribution is 2.06. The van der Waals surface area contributed by atoms with Gasteiger partial charge in [-0.05, 0) is 13.8 Å². The maximum atomic E-state index is 11.5. The van der Waals surface area contributed by atoms with Gasteiger partial charge in [-0.15, -0.1) is 0 Å². The van der Waals surface area contributed by atoms with E-state index in [1.54, 1.807) is 0 Å². The van der Waals surface area contributed by atoms with Gasteiger partial charge in [0.1, 0.15) is 12.2 Å². The molecule has 2 nitrogen and oxygen atoms in total. The molecule has 0 aromatic carbocycles. The quantitative estimate of drug-likeness (QED) is 0.566. The standard InChI is InChI=1S/C6H10F2O2/c1-6(2,4-9)10-3-5(7)8/h4-5H,3H2,1-2H3. The van der Waals surface area contributed by atoms with Crippen molar-refractivity contribution >= 4 is 6.29 Å². The molecular formula is C6H10F2O2. The van der Waals surface area contributed by atoms with E-state index in [1.165, 1.54) is 13.8 Å². The van der Waals surface area contributed by atoms with Crippen LogP contribution in [0.4, 0.5) is 8.78 Å². The summed E-state index contributed by atoms with van der Waals surface area (Å²) in [4.78, 5) is 10.1. The fraction of sp³-hybridized carbons (Fsp3) is 0.833. The van der Waals surface area contributed by atoms with Gasteiger partial charge in [-0.1, -0.05) is 0 Å². The summed E-state index contributed by atoms with van der Waals surface area (Å²) < 4.78 is 27.4. The lowest BCUT2D eigenvalue weighted by atomic mass is 10.2. The van der Waals surface area contributed by atoms with Gasteiger partial charge in [0.05, 0.1) is 0 Å². The van der Waals surface area contributed by atoms with E-state index < -0.39 is 18.6 Å². The summed E-state index contributed by atoms with van der Waals surface area (Å²) in [5, 5.41) is 0. The van der Waals surface area contributed by atoms with E-state index in [4.69, 9.17) is 0 Å². The van der Waals surface area contributed by atoms with Crippen molar-refractivity contribution in [3.63, 3.8) is 0 Å². The SMILES string of the molecule is CC(C)(C=O)OCC(F)F. The fourth-order valence-corrected chi connectivity index (χ4v) is 0.312. The molecule has 10 heavy (non-hydrogen) atoms. The van der Waals surface area contributed by atoms with Crippen molar-refractivity contribution in [1.82, 2.24) is 0 Å². The Morgan fingerprint density at radius 1 is 1.60 bits per heavy atom. The molecule has 0 spiro atoms. The van der Waals surface area contributed by atoms with E-state index in [-0.39, 0.29) is 0 Å². The van der Waals surface area contributed by atoms with Crippen LogP contribution in [0.5, 0.6) is 0 Å². The van der Waals surface area contributed by atoms with Crippen LogP contribution in [0, 0.1) is 0 Å². The van der Waals surface area contributed by atoms with Crippen molar-refractivity contribution in [2.45, 2.75) is 25.9 Å². The van der Waals surface area contributed by atoms with Gasteiger partial charge in [-0.3, -0.25) is 0 Å². The highest BCUT2D eigenvalue weighted by molar-refractivity contribution is 5.60. The molecular weight excluding hydrogens is 142 g/mol. The third-order valence-corrected chi connectivity index (χ3v) is 0.865. The molecule has 0 saturated heterocycles. The molecule has 0 aliphatic rings. The predicted molar refractivity (Wildman–Crippen MR) is 32.1 cm³/mol. The van der Waals surface area contributed by atoms with Crippen molar-refractivity contribution in [2.24, 2.45) is 0 Å². The molecule has 0 N–H and O–H groups in total. The van der Waals surface area contributed by atoms with Crippen LogP contribution in [0.1, 0.15) is 13.8 Å². The zero-order valence-corrected chi connectivity index (χ0v) is 5.93. The number of hydrogen-bond donors (Lipinski definition) is 0. The Morgan fingerprint density at radius 3 is 2.40 bits per heavy atom. The van der Waals surface area contributed by atoms with E-state index in [0.29, 0.717) is 6.29 Å². The summed E-state index contributed by atoms with van der Waals surface area (Å²) in [5.41, 5.74) is -1.09. The van der Waals surface area contributed by atoms with Crippen LogP contribution in [-0.4, -0.2) is 24.9 Å². The van der Waals surface area contributed by atoms with Crippen LogP contribution in [0.2, 0.25) is 0 Å². The molecule has 4 heteroatoms. The van der Waals surface area contributed by atoms with Gasteiger partial charge in [0.25, 0.3) is 6.43 Å². The van der Waals surface area contributed by atoms with Gasteiger partial charge in [0.15, 0.2) is 6.29 Å². The number of rotatable bonds is 4. The number of alkyl halides is 2. The monoisotopic (exact) mass is 152 g/mol. The van der Waals surface area contributed by atoms with Gasteiger partial charge in [-0.25, -0.2) is 8.78 Å². The molecule has 0 aromatic heterocycles. The molecule has 0 fully saturated rings. The van der Waals surface area contributed by atoms with Crippen LogP contribution in [0.25, 0.3) is 0 Å². The first kappa shape index (κ1) is 9.49. The average Bonchev–Trinajstić information content (AvgIpc) is 1.85. The van der Waals surface area contributed by atoms with E-state index in [2.05, 4.69) is 4.74 Å². The van der Waals surface area contributed by atoms with Crippen molar-refractivity contribution in [2.75, 3.05) is 6.61 Å². The normalized spacial score (nSPS) is 12.1. The summed E-state index contributed by atoms with van der Waals surface area (Å²) in [6.07, 6.45) is -2.02. The highest BCUT2D eigenvalue weighted by atomic mass is 19.3. The first-order valence-electron chi connectivity index (χ1n) is 2.86. The van der Waals surface area contributed by atoms with Crippen LogP contribution >= 0.6 is 0 Å². The second-order valence-corrected chi connectivity index (χ2v) is 2.42. The molecule has 0 bridgehead atoms. The molecule has 0 unspecified atom stereocenters. The fourth-order valence-electron chi connectivity index (χ4n) is 0.312. The van der Waals surface area contributed by atoms with Gasteiger partial charge >= 0.3 is 0 Å². The topological polar surface area (TPSA) is 26.3 Å². The molecule has 0 aliphatic heterocycles. The maximum absolute atomic E-state index is 11.5. The molecule has 0 atom stereocenters. The van der Waals surface area contributed by atoms with Crippen molar-refractivity contribution in [3.8, 4) is 0 Å². The number of hydrogen-bond acceptors (Lipinski definition) is 2. The lowest BCUT2D eigenvalue weighted by Gasteiger charge is -2.16. The second kappa shape index (κ2) is 3.61. The second-order valence-electron chi connectivity index (χ2n) is 2.42.